The topological polar surface area (TPSA) is 93.8 Å². The third kappa shape index (κ3) is 2.27. The van der Waals surface area contributed by atoms with E-state index in [9.17, 15) is 5.11 Å². The quantitative estimate of drug-likeness (QED) is 0.763. The number of hydrogen-bond donors (Lipinski definition) is 2. The molecule has 1 aliphatic rings. The Kier molecular flexibility index (Phi) is 3.48. The maximum absolute atomic E-state index is 9.74. The molecule has 4 heterocycles. The van der Waals surface area contributed by atoms with Crippen LogP contribution in [-0.2, 0) is 6.61 Å². The first-order valence-corrected chi connectivity index (χ1v) is 7.85. The maximum atomic E-state index is 9.74. The Labute approximate surface area is 133 Å². The molecule has 118 valence electrons. The summed E-state index contributed by atoms with van der Waals surface area (Å²) in [6.07, 6.45) is 5.18. The molecule has 1 saturated heterocycles. The number of nitriles is 1. The molecule has 1 aliphatic heterocycles. The van der Waals surface area contributed by atoms with Gasteiger partial charge < -0.3 is 19.6 Å². The summed E-state index contributed by atoms with van der Waals surface area (Å²) in [5.41, 5.74) is 2.69. The molecule has 3 aromatic heterocycles. The lowest BCUT2D eigenvalue weighted by atomic mass is 10.2. The minimum Gasteiger partial charge on any atom is -0.388 e. The molecular weight excluding hydrogens is 292 g/mol. The van der Waals surface area contributed by atoms with E-state index in [1.165, 1.54) is 0 Å². The number of aromatic nitrogens is 4. The average Bonchev–Trinajstić information content (AvgIpc) is 3.28. The zero-order valence-electron chi connectivity index (χ0n) is 12.7. The van der Waals surface area contributed by atoms with E-state index in [1.54, 1.807) is 6.20 Å². The van der Waals surface area contributed by atoms with Gasteiger partial charge in [0.2, 0.25) is 0 Å². The van der Waals surface area contributed by atoms with Crippen LogP contribution in [0.2, 0.25) is 0 Å². The Morgan fingerprint density at radius 2 is 2.39 bits per heavy atom. The van der Waals surface area contributed by atoms with Crippen molar-refractivity contribution >= 4 is 22.1 Å². The van der Waals surface area contributed by atoms with E-state index < -0.39 is 0 Å². The van der Waals surface area contributed by atoms with Gasteiger partial charge >= 0.3 is 0 Å². The average molecular weight is 310 g/mol. The molecule has 7 nitrogen and oxygen atoms in total. The van der Waals surface area contributed by atoms with E-state index in [4.69, 9.17) is 5.26 Å². The smallest absolute Gasteiger partial charge is 0.139 e. The SMILES string of the molecule is N#CCCN1CCC(n2c(CO)nc3cnc4[nH]ccc4c32)C1. The fourth-order valence-electron chi connectivity index (χ4n) is 3.58. The van der Waals surface area contributed by atoms with Gasteiger partial charge in [-0.05, 0) is 12.5 Å². The molecule has 23 heavy (non-hydrogen) atoms. The summed E-state index contributed by atoms with van der Waals surface area (Å²) in [5.74, 6) is 0.683. The molecule has 3 aromatic rings. The fourth-order valence-corrected chi connectivity index (χ4v) is 3.58. The maximum Gasteiger partial charge on any atom is 0.139 e. The third-order valence-corrected chi connectivity index (χ3v) is 4.60. The number of hydrogen-bond acceptors (Lipinski definition) is 5. The van der Waals surface area contributed by atoms with Crippen LogP contribution >= 0.6 is 0 Å². The Hall–Kier alpha value is -2.43. The lowest BCUT2D eigenvalue weighted by Gasteiger charge is -2.18. The molecule has 0 saturated carbocycles. The molecule has 7 heteroatoms. The van der Waals surface area contributed by atoms with Crippen LogP contribution in [0.1, 0.15) is 24.7 Å². The first kappa shape index (κ1) is 14.2. The number of aliphatic hydroxyl groups excluding tert-OH is 1. The van der Waals surface area contributed by atoms with E-state index >= 15 is 0 Å². The molecule has 1 fully saturated rings. The summed E-state index contributed by atoms with van der Waals surface area (Å²) < 4.78 is 2.17. The summed E-state index contributed by atoms with van der Waals surface area (Å²) in [6, 6.07) is 4.48. The third-order valence-electron chi connectivity index (χ3n) is 4.60. The molecule has 0 amide bonds. The number of rotatable bonds is 4. The second-order valence-corrected chi connectivity index (χ2v) is 5.94. The van der Waals surface area contributed by atoms with Crippen molar-refractivity contribution in [3.63, 3.8) is 0 Å². The zero-order valence-corrected chi connectivity index (χ0v) is 12.7. The Bertz CT molecular complexity index is 889. The normalized spacial score (nSPS) is 18.9. The number of H-pyrrole nitrogens is 1. The molecule has 0 spiro atoms. The second kappa shape index (κ2) is 5.65. The largest absolute Gasteiger partial charge is 0.388 e. The summed E-state index contributed by atoms with van der Waals surface area (Å²) in [5, 5.41) is 19.5. The van der Waals surface area contributed by atoms with Gasteiger partial charge in [0.05, 0.1) is 17.8 Å². The van der Waals surface area contributed by atoms with E-state index in [-0.39, 0.29) is 12.6 Å². The number of pyridine rings is 1. The van der Waals surface area contributed by atoms with Crippen molar-refractivity contribution in [2.75, 3.05) is 19.6 Å². The number of aliphatic hydroxyl groups is 1. The minimum atomic E-state index is -0.0880. The Balaban J connectivity index is 1.79. The van der Waals surface area contributed by atoms with Gasteiger partial charge in [0.15, 0.2) is 0 Å². The van der Waals surface area contributed by atoms with Crippen molar-refractivity contribution in [1.29, 1.82) is 5.26 Å². The Morgan fingerprint density at radius 1 is 1.48 bits per heavy atom. The van der Waals surface area contributed by atoms with Crippen LogP contribution in [0.25, 0.3) is 22.1 Å². The second-order valence-electron chi connectivity index (χ2n) is 5.94. The molecule has 1 atom stereocenters. The van der Waals surface area contributed by atoms with Crippen molar-refractivity contribution in [2.24, 2.45) is 0 Å². The highest BCUT2D eigenvalue weighted by molar-refractivity contribution is 6.01. The van der Waals surface area contributed by atoms with Crippen LogP contribution in [0.5, 0.6) is 0 Å². The lowest BCUT2D eigenvalue weighted by molar-refractivity contribution is 0.260. The van der Waals surface area contributed by atoms with Crippen LogP contribution in [0.4, 0.5) is 0 Å². The van der Waals surface area contributed by atoms with Crippen LogP contribution in [0.3, 0.4) is 0 Å². The number of likely N-dealkylation sites (tertiary alicyclic amines) is 1. The van der Waals surface area contributed by atoms with E-state index in [2.05, 4.69) is 30.5 Å². The van der Waals surface area contributed by atoms with Crippen molar-refractivity contribution in [3.8, 4) is 6.07 Å². The number of fused-ring (bicyclic) bond motifs is 3. The van der Waals surface area contributed by atoms with Gasteiger partial charge in [-0.3, -0.25) is 0 Å². The molecule has 0 aliphatic carbocycles. The predicted molar refractivity (Wildman–Crippen MR) is 85.6 cm³/mol. The molecule has 0 radical (unpaired) electrons. The molecule has 2 N–H and O–H groups in total. The van der Waals surface area contributed by atoms with E-state index in [0.29, 0.717) is 12.2 Å². The van der Waals surface area contributed by atoms with Crippen LogP contribution in [0, 0.1) is 11.3 Å². The highest BCUT2D eigenvalue weighted by Gasteiger charge is 2.27. The highest BCUT2D eigenvalue weighted by Crippen LogP contribution is 2.31. The zero-order chi connectivity index (χ0) is 15.8. The summed E-state index contributed by atoms with van der Waals surface area (Å²) in [6.45, 7) is 2.57. The fraction of sp³-hybridized carbons (Fsp3) is 0.438. The van der Waals surface area contributed by atoms with Crippen LogP contribution in [0.15, 0.2) is 18.5 Å². The molecule has 0 aromatic carbocycles. The summed E-state index contributed by atoms with van der Waals surface area (Å²) in [7, 11) is 0. The lowest BCUT2D eigenvalue weighted by Crippen LogP contribution is -2.23. The van der Waals surface area contributed by atoms with Gasteiger partial charge in [-0.25, -0.2) is 9.97 Å². The first-order valence-electron chi connectivity index (χ1n) is 7.85. The van der Waals surface area contributed by atoms with Gasteiger partial charge in [0, 0.05) is 43.7 Å². The van der Waals surface area contributed by atoms with E-state index in [0.717, 1.165) is 48.1 Å². The van der Waals surface area contributed by atoms with Gasteiger partial charge in [0.25, 0.3) is 0 Å². The summed E-state index contributed by atoms with van der Waals surface area (Å²) in [4.78, 5) is 14.4. The van der Waals surface area contributed by atoms with Crippen molar-refractivity contribution in [2.45, 2.75) is 25.5 Å². The van der Waals surface area contributed by atoms with Crippen molar-refractivity contribution < 1.29 is 5.11 Å². The number of nitrogens with one attached hydrogen (secondary N) is 1. The van der Waals surface area contributed by atoms with Gasteiger partial charge in [-0.1, -0.05) is 0 Å². The Morgan fingerprint density at radius 3 is 3.22 bits per heavy atom. The number of imidazole rings is 1. The van der Waals surface area contributed by atoms with Crippen molar-refractivity contribution in [3.05, 3.63) is 24.3 Å². The van der Waals surface area contributed by atoms with Crippen LogP contribution < -0.4 is 0 Å². The summed E-state index contributed by atoms with van der Waals surface area (Å²) >= 11 is 0. The van der Waals surface area contributed by atoms with Gasteiger partial charge in [0.1, 0.15) is 23.6 Å². The van der Waals surface area contributed by atoms with Gasteiger partial charge in [-0.15, -0.1) is 0 Å². The standard InChI is InChI=1S/C16H18N6O/c17-4-1-6-21-7-3-11(9-21)22-14(10-23)20-13-8-19-16-12(15(13)22)2-5-18-16/h2,5,8,11,23H,1,3,6-7,9-10H2,(H,18,19). The molecule has 0 bridgehead atoms. The van der Waals surface area contributed by atoms with E-state index in [1.807, 2.05) is 12.3 Å². The molecule has 4 rings (SSSR count). The van der Waals surface area contributed by atoms with Crippen LogP contribution in [-0.4, -0.2) is 49.2 Å². The monoisotopic (exact) mass is 310 g/mol. The number of nitrogens with zero attached hydrogens (tertiary/aromatic N) is 5. The molecule has 1 unspecified atom stereocenters. The van der Waals surface area contributed by atoms with Crippen molar-refractivity contribution in [1.82, 2.24) is 24.4 Å². The predicted octanol–water partition coefficient (Wildman–Crippen LogP) is 1.57. The molecular formula is C16H18N6O. The van der Waals surface area contributed by atoms with Gasteiger partial charge in [-0.2, -0.15) is 5.26 Å². The first-order chi connectivity index (χ1) is 11.3. The highest BCUT2D eigenvalue weighted by atomic mass is 16.3. The minimum absolute atomic E-state index is 0.0880. The number of aromatic amines is 1.